The van der Waals surface area contributed by atoms with Gasteiger partial charge in [0.1, 0.15) is 5.75 Å². The van der Waals surface area contributed by atoms with E-state index >= 15 is 0 Å². The molecule has 1 atom stereocenters. The largest absolute Gasteiger partial charge is 0.481 e. The van der Waals surface area contributed by atoms with Crippen LogP contribution in [0.15, 0.2) is 48.5 Å². The zero-order valence-electron chi connectivity index (χ0n) is 16.6. The Morgan fingerprint density at radius 1 is 1.00 bits per heavy atom. The van der Waals surface area contributed by atoms with Gasteiger partial charge in [-0.15, -0.1) is 0 Å². The van der Waals surface area contributed by atoms with Gasteiger partial charge in [0.2, 0.25) is 0 Å². The van der Waals surface area contributed by atoms with Crippen LogP contribution in [0, 0.1) is 6.92 Å². The lowest BCUT2D eigenvalue weighted by molar-refractivity contribution is -0.122. The lowest BCUT2D eigenvalue weighted by atomic mass is 10.1. The van der Waals surface area contributed by atoms with Crippen LogP contribution in [0.3, 0.4) is 0 Å². The fourth-order valence-corrected chi connectivity index (χ4v) is 3.40. The molecule has 0 spiro atoms. The standard InChI is InChI=1S/C23H28N2O3/c1-17-10-9-11-19(16-17)28-18(2)22(26)24-21-13-6-5-12-20(21)23(27)25-14-7-3-4-8-15-25/h5-6,9-13,16,18H,3-4,7-8,14-15H2,1-2H3,(H,24,26)/t18-/m0/s1. The molecule has 1 N–H and O–H groups in total. The Balaban J connectivity index is 1.69. The van der Waals surface area contributed by atoms with E-state index < -0.39 is 6.10 Å². The van der Waals surface area contributed by atoms with Crippen molar-refractivity contribution in [2.24, 2.45) is 0 Å². The molecule has 2 aromatic rings. The Morgan fingerprint density at radius 3 is 2.43 bits per heavy atom. The van der Waals surface area contributed by atoms with Gasteiger partial charge in [0.15, 0.2) is 6.10 Å². The SMILES string of the molecule is Cc1cccc(O[C@@H](C)C(=O)Nc2ccccc2C(=O)N2CCCCCC2)c1. The first-order valence-electron chi connectivity index (χ1n) is 9.97. The van der Waals surface area contributed by atoms with Crippen LogP contribution in [0.2, 0.25) is 0 Å². The Morgan fingerprint density at radius 2 is 1.71 bits per heavy atom. The number of nitrogens with one attached hydrogen (secondary N) is 1. The summed E-state index contributed by atoms with van der Waals surface area (Å²) in [6.45, 7) is 5.22. The first kappa shape index (κ1) is 19.9. The number of carbonyl (C=O) groups is 2. The van der Waals surface area contributed by atoms with Crippen molar-refractivity contribution in [3.05, 3.63) is 59.7 Å². The van der Waals surface area contributed by atoms with Crippen LogP contribution in [-0.2, 0) is 4.79 Å². The Bertz CT molecular complexity index is 826. The predicted octanol–water partition coefficient (Wildman–Crippen LogP) is 4.42. The normalized spacial score (nSPS) is 15.4. The van der Waals surface area contributed by atoms with Crippen LogP contribution in [0.5, 0.6) is 5.75 Å². The Kier molecular flexibility index (Phi) is 6.69. The van der Waals surface area contributed by atoms with Gasteiger partial charge < -0.3 is 15.0 Å². The highest BCUT2D eigenvalue weighted by molar-refractivity contribution is 6.04. The van der Waals surface area contributed by atoms with Crippen LogP contribution in [0.1, 0.15) is 48.5 Å². The van der Waals surface area contributed by atoms with Gasteiger partial charge in [0.25, 0.3) is 11.8 Å². The number of hydrogen-bond donors (Lipinski definition) is 1. The molecule has 1 aliphatic heterocycles. The monoisotopic (exact) mass is 380 g/mol. The van der Waals surface area contributed by atoms with Gasteiger partial charge in [-0.05, 0) is 56.5 Å². The summed E-state index contributed by atoms with van der Waals surface area (Å²) in [5, 5.41) is 2.87. The average molecular weight is 380 g/mol. The number of aryl methyl sites for hydroxylation is 1. The van der Waals surface area contributed by atoms with Crippen LogP contribution in [-0.4, -0.2) is 35.9 Å². The molecule has 1 saturated heterocycles. The molecule has 28 heavy (non-hydrogen) atoms. The molecule has 5 nitrogen and oxygen atoms in total. The maximum absolute atomic E-state index is 13.0. The van der Waals surface area contributed by atoms with Gasteiger partial charge in [-0.1, -0.05) is 37.1 Å². The zero-order chi connectivity index (χ0) is 19.9. The molecule has 1 fully saturated rings. The minimum atomic E-state index is -0.678. The van der Waals surface area contributed by atoms with Crippen molar-refractivity contribution in [2.75, 3.05) is 18.4 Å². The molecule has 0 aromatic heterocycles. The molecule has 148 valence electrons. The zero-order valence-corrected chi connectivity index (χ0v) is 16.6. The van der Waals surface area contributed by atoms with Gasteiger partial charge in [-0.25, -0.2) is 0 Å². The van der Waals surface area contributed by atoms with E-state index in [-0.39, 0.29) is 11.8 Å². The highest BCUT2D eigenvalue weighted by Crippen LogP contribution is 2.21. The summed E-state index contributed by atoms with van der Waals surface area (Å²) in [6, 6.07) is 14.8. The van der Waals surface area contributed by atoms with Crippen molar-refractivity contribution >= 4 is 17.5 Å². The Hall–Kier alpha value is -2.82. The number of benzene rings is 2. The molecule has 0 radical (unpaired) electrons. The molecule has 2 amide bonds. The van der Waals surface area contributed by atoms with Crippen LogP contribution >= 0.6 is 0 Å². The maximum Gasteiger partial charge on any atom is 0.265 e. The van der Waals surface area contributed by atoms with E-state index in [0.717, 1.165) is 44.3 Å². The summed E-state index contributed by atoms with van der Waals surface area (Å²) in [5.41, 5.74) is 2.13. The second-order valence-electron chi connectivity index (χ2n) is 7.32. The molecule has 5 heteroatoms. The molecular weight excluding hydrogens is 352 g/mol. The van der Waals surface area contributed by atoms with Crippen molar-refractivity contribution < 1.29 is 14.3 Å². The van der Waals surface area contributed by atoms with E-state index in [0.29, 0.717) is 17.0 Å². The lowest BCUT2D eigenvalue weighted by Gasteiger charge is -2.22. The van der Waals surface area contributed by atoms with Crippen LogP contribution in [0.25, 0.3) is 0 Å². The lowest BCUT2D eigenvalue weighted by Crippen LogP contribution is -2.34. The topological polar surface area (TPSA) is 58.6 Å². The van der Waals surface area contributed by atoms with Crippen molar-refractivity contribution in [1.82, 2.24) is 4.90 Å². The van der Waals surface area contributed by atoms with Crippen LogP contribution < -0.4 is 10.1 Å². The minimum Gasteiger partial charge on any atom is -0.481 e. The van der Waals surface area contributed by atoms with Crippen molar-refractivity contribution in [2.45, 2.75) is 45.6 Å². The molecule has 0 unspecified atom stereocenters. The fraction of sp³-hybridized carbons (Fsp3) is 0.391. The summed E-state index contributed by atoms with van der Waals surface area (Å²) in [5.74, 6) is 0.347. The van der Waals surface area contributed by atoms with E-state index in [1.165, 1.54) is 0 Å². The number of para-hydroxylation sites is 1. The minimum absolute atomic E-state index is 0.0231. The maximum atomic E-state index is 13.0. The molecular formula is C23H28N2O3. The second-order valence-corrected chi connectivity index (χ2v) is 7.32. The van der Waals surface area contributed by atoms with Crippen molar-refractivity contribution in [3.8, 4) is 5.75 Å². The summed E-state index contributed by atoms with van der Waals surface area (Å²) in [7, 11) is 0. The van der Waals surface area contributed by atoms with E-state index in [4.69, 9.17) is 4.74 Å². The van der Waals surface area contributed by atoms with Gasteiger partial charge in [0.05, 0.1) is 11.3 Å². The molecule has 0 aliphatic carbocycles. The van der Waals surface area contributed by atoms with Crippen molar-refractivity contribution in [1.29, 1.82) is 0 Å². The predicted molar refractivity (Wildman–Crippen MR) is 111 cm³/mol. The third-order valence-corrected chi connectivity index (χ3v) is 4.98. The van der Waals surface area contributed by atoms with Gasteiger partial charge in [-0.3, -0.25) is 9.59 Å². The summed E-state index contributed by atoms with van der Waals surface area (Å²) in [6.07, 6.45) is 3.71. The molecule has 1 heterocycles. The van der Waals surface area contributed by atoms with Crippen molar-refractivity contribution in [3.63, 3.8) is 0 Å². The summed E-state index contributed by atoms with van der Waals surface area (Å²) >= 11 is 0. The molecule has 3 rings (SSSR count). The molecule has 0 bridgehead atoms. The summed E-state index contributed by atoms with van der Waals surface area (Å²) in [4.78, 5) is 27.5. The number of nitrogens with zero attached hydrogens (tertiary/aromatic N) is 1. The van der Waals surface area contributed by atoms with Gasteiger partial charge in [0, 0.05) is 13.1 Å². The Labute approximate surface area is 166 Å². The third-order valence-electron chi connectivity index (χ3n) is 4.98. The first-order chi connectivity index (χ1) is 13.5. The van der Waals surface area contributed by atoms with E-state index in [1.807, 2.05) is 48.2 Å². The quantitative estimate of drug-likeness (QED) is 0.835. The fourth-order valence-electron chi connectivity index (χ4n) is 3.40. The number of amides is 2. The highest BCUT2D eigenvalue weighted by Gasteiger charge is 2.22. The molecule has 0 saturated carbocycles. The number of anilines is 1. The van der Waals surface area contributed by atoms with E-state index in [9.17, 15) is 9.59 Å². The van der Waals surface area contributed by atoms with E-state index in [2.05, 4.69) is 5.32 Å². The molecule has 2 aromatic carbocycles. The molecule has 1 aliphatic rings. The number of ether oxygens (including phenoxy) is 1. The number of likely N-dealkylation sites (tertiary alicyclic amines) is 1. The van der Waals surface area contributed by atoms with Crippen LogP contribution in [0.4, 0.5) is 5.69 Å². The highest BCUT2D eigenvalue weighted by atomic mass is 16.5. The van der Waals surface area contributed by atoms with E-state index in [1.54, 1.807) is 19.1 Å². The number of rotatable bonds is 5. The first-order valence-corrected chi connectivity index (χ1v) is 9.97. The smallest absolute Gasteiger partial charge is 0.265 e. The number of carbonyl (C=O) groups excluding carboxylic acids is 2. The van der Waals surface area contributed by atoms with Gasteiger partial charge >= 0.3 is 0 Å². The second kappa shape index (κ2) is 9.40. The average Bonchev–Trinajstić information content (AvgIpc) is 2.97. The third kappa shape index (κ3) is 5.12. The number of hydrogen-bond acceptors (Lipinski definition) is 3. The summed E-state index contributed by atoms with van der Waals surface area (Å²) < 4.78 is 5.75. The van der Waals surface area contributed by atoms with Gasteiger partial charge in [-0.2, -0.15) is 0 Å².